The van der Waals surface area contributed by atoms with E-state index in [0.29, 0.717) is 18.3 Å². The number of hydrogen-bond donors (Lipinski definition) is 0. The van der Waals surface area contributed by atoms with Gasteiger partial charge in [-0.25, -0.2) is 9.67 Å². The number of rotatable bonds is 5. The van der Waals surface area contributed by atoms with Gasteiger partial charge in [-0.05, 0) is 13.3 Å². The van der Waals surface area contributed by atoms with Crippen molar-refractivity contribution < 1.29 is 4.74 Å². The molecule has 0 N–H and O–H groups in total. The van der Waals surface area contributed by atoms with Gasteiger partial charge < -0.3 is 4.74 Å². The van der Waals surface area contributed by atoms with Gasteiger partial charge in [-0.3, -0.25) is 0 Å². The lowest BCUT2D eigenvalue weighted by molar-refractivity contribution is 0.302. The molecule has 0 aliphatic rings. The summed E-state index contributed by atoms with van der Waals surface area (Å²) in [5.74, 6) is 1.06. The summed E-state index contributed by atoms with van der Waals surface area (Å²) < 4.78 is 9.43. The van der Waals surface area contributed by atoms with Gasteiger partial charge in [0, 0.05) is 12.7 Å². The highest BCUT2D eigenvalue weighted by Crippen LogP contribution is 2.29. The SMILES string of the molecule is CCCCOc1nc2ncnn2c2c1cnc1c2cnn1CC. The monoisotopic (exact) mass is 311 g/mol. The fourth-order valence-electron chi connectivity index (χ4n) is 2.67. The molecular weight excluding hydrogens is 294 g/mol. The molecule has 118 valence electrons. The summed E-state index contributed by atoms with van der Waals surface area (Å²) in [6.07, 6.45) is 7.13. The summed E-state index contributed by atoms with van der Waals surface area (Å²) in [5.41, 5.74) is 1.70. The number of hydrogen-bond acceptors (Lipinski definition) is 6. The predicted octanol–water partition coefficient (Wildman–Crippen LogP) is 2.22. The Morgan fingerprint density at radius 2 is 2.00 bits per heavy atom. The molecule has 0 amide bonds. The minimum absolute atomic E-state index is 0.515. The second kappa shape index (κ2) is 5.45. The number of fused-ring (bicyclic) bond motifs is 5. The Hall–Kier alpha value is -2.77. The Labute approximate surface area is 132 Å². The Bertz CT molecular complexity index is 988. The molecule has 0 aromatic carbocycles. The lowest BCUT2D eigenvalue weighted by atomic mass is 10.2. The first-order valence-corrected chi connectivity index (χ1v) is 7.80. The average Bonchev–Trinajstić information content (AvgIpc) is 3.20. The van der Waals surface area contributed by atoms with Gasteiger partial charge in [0.15, 0.2) is 5.65 Å². The van der Waals surface area contributed by atoms with Crippen molar-refractivity contribution in [3.63, 3.8) is 0 Å². The Morgan fingerprint density at radius 1 is 1.09 bits per heavy atom. The summed E-state index contributed by atoms with van der Waals surface area (Å²) in [4.78, 5) is 13.2. The zero-order valence-corrected chi connectivity index (χ0v) is 13.1. The third-order valence-corrected chi connectivity index (χ3v) is 3.85. The smallest absolute Gasteiger partial charge is 0.256 e. The predicted molar refractivity (Wildman–Crippen MR) is 85.5 cm³/mol. The van der Waals surface area contributed by atoms with Gasteiger partial charge in [0.2, 0.25) is 5.88 Å². The van der Waals surface area contributed by atoms with Crippen molar-refractivity contribution in [2.75, 3.05) is 6.61 Å². The summed E-state index contributed by atoms with van der Waals surface area (Å²) >= 11 is 0. The molecule has 0 aliphatic heterocycles. The minimum Gasteiger partial charge on any atom is -0.477 e. The van der Waals surface area contributed by atoms with Crippen molar-refractivity contribution in [1.29, 1.82) is 0 Å². The van der Waals surface area contributed by atoms with Crippen molar-refractivity contribution in [1.82, 2.24) is 34.3 Å². The molecule has 0 aliphatic carbocycles. The molecule has 0 atom stereocenters. The number of unbranched alkanes of at least 4 members (excludes halogenated alkanes) is 1. The molecular formula is C15H17N7O. The van der Waals surface area contributed by atoms with E-state index in [-0.39, 0.29) is 0 Å². The van der Waals surface area contributed by atoms with Crippen molar-refractivity contribution in [3.8, 4) is 5.88 Å². The summed E-state index contributed by atoms with van der Waals surface area (Å²) in [7, 11) is 0. The van der Waals surface area contributed by atoms with E-state index >= 15 is 0 Å². The topological polar surface area (TPSA) is 83.0 Å². The largest absolute Gasteiger partial charge is 0.477 e. The van der Waals surface area contributed by atoms with Crippen LogP contribution in [0.3, 0.4) is 0 Å². The molecule has 0 spiro atoms. The van der Waals surface area contributed by atoms with Crippen LogP contribution in [0, 0.1) is 0 Å². The maximum absolute atomic E-state index is 5.86. The number of aromatic nitrogens is 7. The number of aryl methyl sites for hydroxylation is 1. The lowest BCUT2D eigenvalue weighted by Gasteiger charge is -2.09. The van der Waals surface area contributed by atoms with Crippen LogP contribution in [0.1, 0.15) is 26.7 Å². The van der Waals surface area contributed by atoms with Gasteiger partial charge in [-0.1, -0.05) is 13.3 Å². The number of ether oxygens (including phenoxy) is 1. The molecule has 8 heteroatoms. The Kier molecular flexibility index (Phi) is 3.29. The Balaban J connectivity index is 2.03. The van der Waals surface area contributed by atoms with Crippen molar-refractivity contribution in [2.24, 2.45) is 0 Å². The highest BCUT2D eigenvalue weighted by atomic mass is 16.5. The number of nitrogens with zero attached hydrogens (tertiary/aromatic N) is 7. The van der Waals surface area contributed by atoms with Crippen LogP contribution in [-0.4, -0.2) is 41.0 Å². The molecule has 0 unspecified atom stereocenters. The van der Waals surface area contributed by atoms with Gasteiger partial charge in [-0.2, -0.15) is 24.7 Å². The highest BCUT2D eigenvalue weighted by molar-refractivity contribution is 6.04. The van der Waals surface area contributed by atoms with E-state index in [1.54, 1.807) is 10.7 Å². The van der Waals surface area contributed by atoms with Crippen molar-refractivity contribution in [3.05, 3.63) is 18.7 Å². The average molecular weight is 311 g/mol. The standard InChI is InChI=1S/C15H17N7O/c1-3-5-6-23-14-11-7-16-13-10(8-18-21(13)4-2)12(11)22-15(20-14)17-9-19-22/h7-9H,3-6H2,1-2H3. The van der Waals surface area contributed by atoms with Crippen molar-refractivity contribution in [2.45, 2.75) is 33.2 Å². The molecule has 0 saturated carbocycles. The van der Waals surface area contributed by atoms with Crippen LogP contribution in [-0.2, 0) is 6.54 Å². The van der Waals surface area contributed by atoms with Gasteiger partial charge in [-0.15, -0.1) is 0 Å². The minimum atomic E-state index is 0.515. The van der Waals surface area contributed by atoms with Gasteiger partial charge in [0.25, 0.3) is 5.78 Å². The molecule has 4 heterocycles. The van der Waals surface area contributed by atoms with Gasteiger partial charge in [0.05, 0.1) is 29.1 Å². The quantitative estimate of drug-likeness (QED) is 0.526. The molecule has 0 radical (unpaired) electrons. The van der Waals surface area contributed by atoms with Crippen LogP contribution in [0.5, 0.6) is 5.88 Å². The van der Waals surface area contributed by atoms with E-state index in [1.165, 1.54) is 6.33 Å². The molecule has 0 saturated heterocycles. The van der Waals surface area contributed by atoms with Crippen LogP contribution in [0.25, 0.3) is 27.7 Å². The molecule has 0 fully saturated rings. The van der Waals surface area contributed by atoms with Gasteiger partial charge in [0.1, 0.15) is 6.33 Å². The fourth-order valence-corrected chi connectivity index (χ4v) is 2.67. The number of pyridine rings is 1. The van der Waals surface area contributed by atoms with Crippen LogP contribution in [0.4, 0.5) is 0 Å². The fraction of sp³-hybridized carbons (Fsp3) is 0.400. The highest BCUT2D eigenvalue weighted by Gasteiger charge is 2.16. The first-order chi connectivity index (χ1) is 11.3. The molecule has 23 heavy (non-hydrogen) atoms. The Morgan fingerprint density at radius 3 is 2.83 bits per heavy atom. The third-order valence-electron chi connectivity index (χ3n) is 3.85. The molecule has 4 aromatic heterocycles. The van der Waals surface area contributed by atoms with Crippen LogP contribution in [0.15, 0.2) is 18.7 Å². The second-order valence-corrected chi connectivity index (χ2v) is 5.31. The normalized spacial score (nSPS) is 11.7. The van der Waals surface area contributed by atoms with E-state index in [9.17, 15) is 0 Å². The van der Waals surface area contributed by atoms with E-state index in [0.717, 1.165) is 41.3 Å². The van der Waals surface area contributed by atoms with Crippen LogP contribution < -0.4 is 4.74 Å². The van der Waals surface area contributed by atoms with E-state index in [2.05, 4.69) is 32.1 Å². The second-order valence-electron chi connectivity index (χ2n) is 5.31. The molecule has 8 nitrogen and oxygen atoms in total. The van der Waals surface area contributed by atoms with E-state index in [4.69, 9.17) is 4.74 Å². The lowest BCUT2D eigenvalue weighted by Crippen LogP contribution is -2.04. The molecule has 4 aromatic rings. The van der Waals surface area contributed by atoms with E-state index < -0.39 is 0 Å². The third kappa shape index (κ3) is 2.09. The molecule has 0 bridgehead atoms. The molecule has 4 rings (SSSR count). The van der Waals surface area contributed by atoms with Gasteiger partial charge >= 0.3 is 0 Å². The van der Waals surface area contributed by atoms with Crippen molar-refractivity contribution >= 4 is 27.7 Å². The summed E-state index contributed by atoms with van der Waals surface area (Å²) in [6, 6.07) is 0. The maximum Gasteiger partial charge on any atom is 0.256 e. The zero-order chi connectivity index (χ0) is 15.8. The van der Waals surface area contributed by atoms with Crippen LogP contribution >= 0.6 is 0 Å². The first-order valence-electron chi connectivity index (χ1n) is 7.80. The first kappa shape index (κ1) is 13.9. The van der Waals surface area contributed by atoms with Crippen LogP contribution in [0.2, 0.25) is 0 Å². The summed E-state index contributed by atoms with van der Waals surface area (Å²) in [5, 5.41) is 10.4. The maximum atomic E-state index is 5.86. The summed E-state index contributed by atoms with van der Waals surface area (Å²) in [6.45, 7) is 5.54. The van der Waals surface area contributed by atoms with E-state index in [1.807, 2.05) is 17.8 Å². The zero-order valence-electron chi connectivity index (χ0n) is 13.1.